The summed E-state index contributed by atoms with van der Waals surface area (Å²) in [5, 5.41) is 6.23. The van der Waals surface area contributed by atoms with Gasteiger partial charge >= 0.3 is 0 Å². The first kappa shape index (κ1) is 28.0. The second kappa shape index (κ2) is 13.2. The van der Waals surface area contributed by atoms with Crippen molar-refractivity contribution >= 4 is 17.6 Å². The van der Waals surface area contributed by atoms with Gasteiger partial charge < -0.3 is 10.6 Å². The van der Waals surface area contributed by atoms with Crippen LogP contribution in [0.4, 0.5) is 0 Å². The normalized spacial score (nSPS) is 20.7. The van der Waals surface area contributed by atoms with E-state index in [0.29, 0.717) is 18.5 Å². The molecule has 0 unspecified atom stereocenters. The summed E-state index contributed by atoms with van der Waals surface area (Å²) in [5.74, 6) is -0.243. The number of ketones is 1. The summed E-state index contributed by atoms with van der Waals surface area (Å²) in [6.07, 6.45) is 6.09. The standard InChI is InChI=1S/C32H43N3O3/c1-22(2)18-29(30(36)21-35-17-9-12-25-19-23(3)15-16-26(25)20-35)34-32(38)27-13-7-8-14-28(27)33-31(37)24-10-5-4-6-11-24/h4-6,10-11,15-16,19,22,27-29H,7-9,12-14,17-18,20-21H2,1-3H3,(H,33,37)(H,34,38)/t27-,28+,29+/m1/s1. The second-order valence-corrected chi connectivity index (χ2v) is 11.6. The molecule has 6 heteroatoms. The molecule has 2 aromatic rings. The fourth-order valence-electron chi connectivity index (χ4n) is 5.90. The van der Waals surface area contributed by atoms with Gasteiger partial charge in [-0.25, -0.2) is 0 Å². The van der Waals surface area contributed by atoms with Crippen LogP contribution in [0.2, 0.25) is 0 Å². The van der Waals surface area contributed by atoms with E-state index in [9.17, 15) is 14.4 Å². The third kappa shape index (κ3) is 7.53. The Morgan fingerprint density at radius 1 is 0.974 bits per heavy atom. The maximum Gasteiger partial charge on any atom is 0.251 e. The molecular formula is C32H43N3O3. The van der Waals surface area contributed by atoms with Crippen LogP contribution < -0.4 is 10.6 Å². The average molecular weight is 518 g/mol. The maximum absolute atomic E-state index is 13.6. The lowest BCUT2D eigenvalue weighted by molar-refractivity contribution is -0.132. The number of Topliss-reactive ketones (excluding diaryl/α,β-unsaturated/α-hetero) is 1. The number of hydrogen-bond donors (Lipinski definition) is 2. The van der Waals surface area contributed by atoms with E-state index >= 15 is 0 Å². The van der Waals surface area contributed by atoms with Crippen molar-refractivity contribution in [1.29, 1.82) is 0 Å². The molecule has 1 heterocycles. The number of hydrogen-bond acceptors (Lipinski definition) is 4. The first-order valence-corrected chi connectivity index (χ1v) is 14.3. The molecule has 0 aromatic heterocycles. The van der Waals surface area contributed by atoms with E-state index in [-0.39, 0.29) is 35.5 Å². The van der Waals surface area contributed by atoms with E-state index < -0.39 is 6.04 Å². The summed E-state index contributed by atoms with van der Waals surface area (Å²) in [6, 6.07) is 15.0. The van der Waals surface area contributed by atoms with E-state index in [0.717, 1.165) is 51.6 Å². The Kier molecular flexibility index (Phi) is 9.73. The Morgan fingerprint density at radius 3 is 2.50 bits per heavy atom. The minimum absolute atomic E-state index is 0.0725. The van der Waals surface area contributed by atoms with Gasteiger partial charge in [0.15, 0.2) is 5.78 Å². The van der Waals surface area contributed by atoms with Crippen molar-refractivity contribution in [3.05, 3.63) is 70.8 Å². The molecule has 1 fully saturated rings. The fourth-order valence-corrected chi connectivity index (χ4v) is 5.90. The molecule has 2 N–H and O–H groups in total. The number of nitrogens with zero attached hydrogens (tertiary/aromatic N) is 1. The van der Waals surface area contributed by atoms with Crippen LogP contribution in [0.5, 0.6) is 0 Å². The van der Waals surface area contributed by atoms with E-state index in [4.69, 9.17) is 0 Å². The van der Waals surface area contributed by atoms with Gasteiger partial charge in [0.05, 0.1) is 18.5 Å². The Hall–Kier alpha value is -2.99. The number of nitrogens with one attached hydrogen (secondary N) is 2. The zero-order chi connectivity index (χ0) is 27.1. The number of benzene rings is 2. The van der Waals surface area contributed by atoms with Gasteiger partial charge in [-0.15, -0.1) is 0 Å². The molecule has 204 valence electrons. The van der Waals surface area contributed by atoms with Crippen LogP contribution in [0.1, 0.15) is 79.4 Å². The molecule has 1 aliphatic heterocycles. The van der Waals surface area contributed by atoms with Gasteiger partial charge in [-0.05, 0) is 74.8 Å². The topological polar surface area (TPSA) is 78.5 Å². The first-order valence-electron chi connectivity index (χ1n) is 14.3. The Labute approximate surface area is 227 Å². The number of carbonyl (C=O) groups is 3. The quantitative estimate of drug-likeness (QED) is 0.499. The van der Waals surface area contributed by atoms with Crippen molar-refractivity contribution in [1.82, 2.24) is 15.5 Å². The van der Waals surface area contributed by atoms with Gasteiger partial charge in [0.1, 0.15) is 0 Å². The highest BCUT2D eigenvalue weighted by Crippen LogP contribution is 2.26. The van der Waals surface area contributed by atoms with E-state index in [1.54, 1.807) is 12.1 Å². The van der Waals surface area contributed by atoms with Crippen LogP contribution in [0.3, 0.4) is 0 Å². The second-order valence-electron chi connectivity index (χ2n) is 11.6. The maximum atomic E-state index is 13.6. The molecule has 2 amide bonds. The summed E-state index contributed by atoms with van der Waals surface area (Å²) in [4.78, 5) is 42.1. The number of fused-ring (bicyclic) bond motifs is 1. The third-order valence-corrected chi connectivity index (χ3v) is 7.92. The summed E-state index contributed by atoms with van der Waals surface area (Å²) < 4.78 is 0. The van der Waals surface area contributed by atoms with E-state index in [1.807, 2.05) is 18.2 Å². The first-order chi connectivity index (χ1) is 18.3. The van der Waals surface area contributed by atoms with Gasteiger partial charge in [-0.1, -0.05) is 68.7 Å². The van der Waals surface area contributed by atoms with Crippen LogP contribution in [0.15, 0.2) is 48.5 Å². The van der Waals surface area contributed by atoms with Crippen molar-refractivity contribution in [3.63, 3.8) is 0 Å². The van der Waals surface area contributed by atoms with Crippen molar-refractivity contribution in [2.45, 2.75) is 84.3 Å². The Balaban J connectivity index is 1.41. The summed E-state index contributed by atoms with van der Waals surface area (Å²) in [6.45, 7) is 8.26. The molecular weight excluding hydrogens is 474 g/mol. The van der Waals surface area contributed by atoms with Crippen LogP contribution in [0.25, 0.3) is 0 Å². The lowest BCUT2D eigenvalue weighted by Gasteiger charge is -2.33. The molecule has 6 nitrogen and oxygen atoms in total. The molecule has 0 bridgehead atoms. The molecule has 4 rings (SSSR count). The van der Waals surface area contributed by atoms with Crippen molar-refractivity contribution in [3.8, 4) is 0 Å². The Bertz CT molecular complexity index is 1110. The molecule has 1 aliphatic carbocycles. The van der Waals surface area contributed by atoms with Crippen molar-refractivity contribution in [2.24, 2.45) is 11.8 Å². The highest BCUT2D eigenvalue weighted by atomic mass is 16.2. The minimum Gasteiger partial charge on any atom is -0.349 e. The minimum atomic E-state index is -0.518. The van der Waals surface area contributed by atoms with Crippen molar-refractivity contribution in [2.75, 3.05) is 13.1 Å². The third-order valence-electron chi connectivity index (χ3n) is 7.92. The number of amides is 2. The van der Waals surface area contributed by atoms with Crippen LogP contribution in [-0.4, -0.2) is 47.7 Å². The van der Waals surface area contributed by atoms with Gasteiger partial charge in [-0.3, -0.25) is 19.3 Å². The summed E-state index contributed by atoms with van der Waals surface area (Å²) >= 11 is 0. The predicted molar refractivity (Wildman–Crippen MR) is 151 cm³/mol. The smallest absolute Gasteiger partial charge is 0.251 e. The molecule has 38 heavy (non-hydrogen) atoms. The largest absolute Gasteiger partial charge is 0.349 e. The lowest BCUT2D eigenvalue weighted by atomic mass is 9.83. The Morgan fingerprint density at radius 2 is 1.74 bits per heavy atom. The molecule has 0 saturated heterocycles. The highest BCUT2D eigenvalue weighted by Gasteiger charge is 2.34. The van der Waals surface area contributed by atoms with Gasteiger partial charge in [0.2, 0.25) is 5.91 Å². The van der Waals surface area contributed by atoms with Crippen molar-refractivity contribution < 1.29 is 14.4 Å². The number of rotatable bonds is 9. The molecule has 2 aromatic carbocycles. The van der Waals surface area contributed by atoms with E-state index in [2.05, 4.69) is 54.5 Å². The zero-order valence-electron chi connectivity index (χ0n) is 23.2. The molecule has 3 atom stereocenters. The lowest BCUT2D eigenvalue weighted by Crippen LogP contribution is -2.53. The summed E-state index contributed by atoms with van der Waals surface area (Å²) in [5.41, 5.74) is 4.55. The molecule has 1 saturated carbocycles. The van der Waals surface area contributed by atoms with Crippen LogP contribution in [-0.2, 0) is 22.6 Å². The number of aryl methyl sites for hydroxylation is 2. The monoisotopic (exact) mass is 517 g/mol. The molecule has 2 aliphatic rings. The van der Waals surface area contributed by atoms with Gasteiger partial charge in [0.25, 0.3) is 5.91 Å². The van der Waals surface area contributed by atoms with Gasteiger partial charge in [-0.2, -0.15) is 0 Å². The SMILES string of the molecule is Cc1ccc2c(c1)CCCN(CC(=O)[C@H](CC(C)C)NC(=O)[C@@H]1CCCC[C@@H]1NC(=O)c1ccccc1)C2. The predicted octanol–water partition coefficient (Wildman–Crippen LogP) is 4.83. The van der Waals surface area contributed by atoms with E-state index in [1.165, 1.54) is 16.7 Å². The fraction of sp³-hybridized carbons (Fsp3) is 0.531. The zero-order valence-corrected chi connectivity index (χ0v) is 23.2. The molecule has 0 spiro atoms. The average Bonchev–Trinajstić information content (AvgIpc) is 3.10. The van der Waals surface area contributed by atoms with Crippen LogP contribution in [0, 0.1) is 18.8 Å². The highest BCUT2D eigenvalue weighted by molar-refractivity contribution is 5.95. The summed E-state index contributed by atoms with van der Waals surface area (Å²) in [7, 11) is 0. The van der Waals surface area contributed by atoms with Crippen LogP contribution >= 0.6 is 0 Å². The van der Waals surface area contributed by atoms with Gasteiger partial charge in [0, 0.05) is 18.2 Å². The number of carbonyl (C=O) groups excluding carboxylic acids is 3. The molecule has 0 radical (unpaired) electrons.